The van der Waals surface area contributed by atoms with Crippen LogP contribution in [0.4, 0.5) is 5.82 Å². The number of methoxy groups -OCH3 is 1. The molecule has 168 valence electrons. The average Bonchev–Trinajstić information content (AvgIpc) is 3.31. The topological polar surface area (TPSA) is 103 Å². The summed E-state index contributed by atoms with van der Waals surface area (Å²) in [6, 6.07) is 11.4. The number of nitrogens with one attached hydrogen (secondary N) is 1. The molecule has 9 heteroatoms. The van der Waals surface area contributed by atoms with E-state index >= 15 is 0 Å². The lowest BCUT2D eigenvalue weighted by molar-refractivity contribution is -0.121. The Morgan fingerprint density at radius 3 is 2.81 bits per heavy atom. The van der Waals surface area contributed by atoms with Gasteiger partial charge in [0.15, 0.2) is 0 Å². The average molecular weight is 438 g/mol. The number of aromatic nitrogens is 3. The fraction of sp³-hybridized carbons (Fsp3) is 0.391. The Balaban J connectivity index is 1.23. The zero-order valence-corrected chi connectivity index (χ0v) is 18.3. The number of aryl methyl sites for hydroxylation is 1. The summed E-state index contributed by atoms with van der Waals surface area (Å²) in [6.07, 6.45) is 2.65. The Kier molecular flexibility index (Phi) is 6.96. The molecule has 0 aliphatic carbocycles. The molecular weight excluding hydrogens is 410 g/mol. The molecule has 1 unspecified atom stereocenters. The minimum atomic E-state index is -0.0831. The molecule has 4 rings (SSSR count). The van der Waals surface area contributed by atoms with Crippen LogP contribution in [0.5, 0.6) is 5.75 Å². The highest BCUT2D eigenvalue weighted by molar-refractivity contribution is 5.76. The SMILES string of the molecule is COc1ccc(-c2noc(CCC(=O)NCc3ccc(N4CCOC(C)C4)nc3)n2)cc1. The Bertz CT molecular complexity index is 1020. The van der Waals surface area contributed by atoms with E-state index in [1.807, 2.05) is 36.4 Å². The number of rotatable bonds is 8. The van der Waals surface area contributed by atoms with E-state index in [1.165, 1.54) is 0 Å². The minimum absolute atomic E-state index is 0.0831. The second-order valence-electron chi connectivity index (χ2n) is 7.67. The van der Waals surface area contributed by atoms with Crippen molar-refractivity contribution in [1.82, 2.24) is 20.4 Å². The van der Waals surface area contributed by atoms with Crippen molar-refractivity contribution in [3.63, 3.8) is 0 Å². The lowest BCUT2D eigenvalue weighted by Crippen LogP contribution is -2.41. The monoisotopic (exact) mass is 437 g/mol. The molecule has 0 saturated carbocycles. The smallest absolute Gasteiger partial charge is 0.227 e. The van der Waals surface area contributed by atoms with Crippen molar-refractivity contribution in [1.29, 1.82) is 0 Å². The third-order valence-corrected chi connectivity index (χ3v) is 5.25. The van der Waals surface area contributed by atoms with Crippen molar-refractivity contribution >= 4 is 11.7 Å². The van der Waals surface area contributed by atoms with Crippen LogP contribution in [0.1, 0.15) is 24.8 Å². The second kappa shape index (κ2) is 10.2. The molecule has 0 spiro atoms. The van der Waals surface area contributed by atoms with Gasteiger partial charge < -0.3 is 24.2 Å². The molecule has 0 bridgehead atoms. The molecule has 9 nitrogen and oxygen atoms in total. The highest BCUT2D eigenvalue weighted by Crippen LogP contribution is 2.20. The molecule has 1 fully saturated rings. The molecule has 1 saturated heterocycles. The summed E-state index contributed by atoms with van der Waals surface area (Å²) in [5, 5.41) is 6.90. The van der Waals surface area contributed by atoms with E-state index in [0.29, 0.717) is 31.3 Å². The first-order chi connectivity index (χ1) is 15.6. The molecule has 3 aromatic rings. The zero-order valence-electron chi connectivity index (χ0n) is 18.3. The zero-order chi connectivity index (χ0) is 22.3. The van der Waals surface area contributed by atoms with Crippen LogP contribution in [0.15, 0.2) is 47.1 Å². The van der Waals surface area contributed by atoms with E-state index in [9.17, 15) is 4.79 Å². The predicted molar refractivity (Wildman–Crippen MR) is 118 cm³/mol. The summed E-state index contributed by atoms with van der Waals surface area (Å²) in [6.45, 7) is 4.86. The van der Waals surface area contributed by atoms with Crippen LogP contribution >= 0.6 is 0 Å². The lowest BCUT2D eigenvalue weighted by Gasteiger charge is -2.32. The van der Waals surface area contributed by atoms with Crippen LogP contribution in [-0.2, 0) is 22.5 Å². The Labute approximate surface area is 186 Å². The number of ether oxygens (including phenoxy) is 2. The fourth-order valence-electron chi connectivity index (χ4n) is 3.46. The molecule has 1 amide bonds. The maximum Gasteiger partial charge on any atom is 0.227 e. The van der Waals surface area contributed by atoms with Gasteiger partial charge in [0, 0.05) is 44.2 Å². The molecule has 1 atom stereocenters. The van der Waals surface area contributed by atoms with Crippen molar-refractivity contribution in [3.05, 3.63) is 54.0 Å². The van der Waals surface area contributed by atoms with Gasteiger partial charge in [-0.25, -0.2) is 4.98 Å². The first-order valence-corrected chi connectivity index (χ1v) is 10.7. The van der Waals surface area contributed by atoms with Crippen molar-refractivity contribution < 1.29 is 18.8 Å². The molecule has 1 aliphatic heterocycles. The molecule has 2 aromatic heterocycles. The normalized spacial score (nSPS) is 16.1. The van der Waals surface area contributed by atoms with Crippen molar-refractivity contribution in [2.75, 3.05) is 31.7 Å². The fourth-order valence-corrected chi connectivity index (χ4v) is 3.46. The molecule has 1 aliphatic rings. The van der Waals surface area contributed by atoms with Gasteiger partial charge in [-0.05, 0) is 42.8 Å². The molecular formula is C23H27N5O4. The van der Waals surface area contributed by atoms with Gasteiger partial charge in [0.05, 0.1) is 19.8 Å². The van der Waals surface area contributed by atoms with E-state index in [1.54, 1.807) is 13.3 Å². The van der Waals surface area contributed by atoms with Crippen LogP contribution in [0.2, 0.25) is 0 Å². The van der Waals surface area contributed by atoms with Crippen LogP contribution in [0.25, 0.3) is 11.4 Å². The second-order valence-corrected chi connectivity index (χ2v) is 7.67. The summed E-state index contributed by atoms with van der Waals surface area (Å²) >= 11 is 0. The quantitative estimate of drug-likeness (QED) is 0.574. The number of benzene rings is 1. The third kappa shape index (κ3) is 5.61. The molecule has 32 heavy (non-hydrogen) atoms. The van der Waals surface area contributed by atoms with Gasteiger partial charge in [-0.1, -0.05) is 11.2 Å². The molecule has 3 heterocycles. The number of anilines is 1. The number of amides is 1. The summed E-state index contributed by atoms with van der Waals surface area (Å²) in [4.78, 5) is 23.3. The van der Waals surface area contributed by atoms with Gasteiger partial charge in [-0.3, -0.25) is 4.79 Å². The molecule has 0 radical (unpaired) electrons. The summed E-state index contributed by atoms with van der Waals surface area (Å²) in [5.74, 6) is 2.52. The maximum absolute atomic E-state index is 12.2. The van der Waals surface area contributed by atoms with Gasteiger partial charge >= 0.3 is 0 Å². The van der Waals surface area contributed by atoms with Crippen LogP contribution in [0.3, 0.4) is 0 Å². The van der Waals surface area contributed by atoms with Gasteiger partial charge in [0.1, 0.15) is 11.6 Å². The van der Waals surface area contributed by atoms with Crippen molar-refractivity contribution in [2.24, 2.45) is 0 Å². The van der Waals surface area contributed by atoms with E-state index in [-0.39, 0.29) is 18.4 Å². The van der Waals surface area contributed by atoms with Crippen molar-refractivity contribution in [2.45, 2.75) is 32.4 Å². The number of hydrogen-bond acceptors (Lipinski definition) is 8. The number of pyridine rings is 1. The van der Waals surface area contributed by atoms with Crippen LogP contribution in [0, 0.1) is 0 Å². The highest BCUT2D eigenvalue weighted by Gasteiger charge is 2.17. The number of carbonyl (C=O) groups excluding carboxylic acids is 1. The maximum atomic E-state index is 12.2. The molecule has 1 aromatic carbocycles. The Morgan fingerprint density at radius 2 is 2.09 bits per heavy atom. The molecule has 1 N–H and O–H groups in total. The first-order valence-electron chi connectivity index (χ1n) is 10.7. The van der Waals surface area contributed by atoms with Crippen molar-refractivity contribution in [3.8, 4) is 17.1 Å². The van der Waals surface area contributed by atoms with Crippen LogP contribution in [-0.4, -0.2) is 53.9 Å². The van der Waals surface area contributed by atoms with E-state index in [2.05, 4.69) is 32.3 Å². The first kappa shape index (κ1) is 21.8. The van der Waals surface area contributed by atoms with Gasteiger partial charge in [0.2, 0.25) is 17.6 Å². The van der Waals surface area contributed by atoms with E-state index in [4.69, 9.17) is 14.0 Å². The summed E-state index contributed by atoms with van der Waals surface area (Å²) < 4.78 is 16.0. The predicted octanol–water partition coefficient (Wildman–Crippen LogP) is 2.61. The lowest BCUT2D eigenvalue weighted by atomic mass is 10.2. The number of carbonyl (C=O) groups is 1. The van der Waals surface area contributed by atoms with E-state index < -0.39 is 0 Å². The standard InChI is InChI=1S/C23H27N5O4/c1-16-15-28(11-12-31-16)20-8-3-17(13-24-20)14-25-21(29)9-10-22-26-23(27-32-22)18-4-6-19(30-2)7-5-18/h3-8,13,16H,9-12,14-15H2,1-2H3,(H,25,29). The van der Waals surface area contributed by atoms with Gasteiger partial charge in [-0.15, -0.1) is 0 Å². The van der Waals surface area contributed by atoms with Gasteiger partial charge in [0.25, 0.3) is 0 Å². The highest BCUT2D eigenvalue weighted by atomic mass is 16.5. The summed E-state index contributed by atoms with van der Waals surface area (Å²) in [7, 11) is 1.61. The minimum Gasteiger partial charge on any atom is -0.497 e. The largest absolute Gasteiger partial charge is 0.497 e. The van der Waals surface area contributed by atoms with E-state index in [0.717, 1.165) is 35.8 Å². The Morgan fingerprint density at radius 1 is 1.25 bits per heavy atom. The van der Waals surface area contributed by atoms with Gasteiger partial charge in [-0.2, -0.15) is 4.98 Å². The number of hydrogen-bond donors (Lipinski definition) is 1. The van der Waals surface area contributed by atoms with Crippen LogP contribution < -0.4 is 15.0 Å². The summed E-state index contributed by atoms with van der Waals surface area (Å²) in [5.41, 5.74) is 1.77. The number of morpholine rings is 1. The third-order valence-electron chi connectivity index (χ3n) is 5.25. The Hall–Kier alpha value is -3.46. The number of nitrogens with zero attached hydrogens (tertiary/aromatic N) is 4.